The van der Waals surface area contributed by atoms with Crippen molar-refractivity contribution in [2.75, 3.05) is 11.5 Å². The van der Waals surface area contributed by atoms with E-state index in [1.54, 1.807) is 0 Å². The molecule has 2 N–H and O–H groups in total. The molecule has 1 aromatic heterocycles. The first kappa shape index (κ1) is 14.4. The molecule has 0 spiro atoms. The van der Waals surface area contributed by atoms with Crippen LogP contribution in [0.15, 0.2) is 30.0 Å². The van der Waals surface area contributed by atoms with Crippen LogP contribution in [0.1, 0.15) is 5.01 Å². The molecule has 0 radical (unpaired) electrons. The minimum atomic E-state index is -0.957. The number of para-hydroxylation sites is 1. The molecule has 0 aliphatic heterocycles. The molecule has 0 unspecified atom stereocenters. The number of aliphatic carboxylic acids is 1. The van der Waals surface area contributed by atoms with Crippen LogP contribution in [0.4, 0.5) is 0 Å². The van der Waals surface area contributed by atoms with Crippen molar-refractivity contribution in [1.29, 1.82) is 5.26 Å². The van der Waals surface area contributed by atoms with Gasteiger partial charge in [0.15, 0.2) is 0 Å². The number of nitriles is 1. The Hall–Kier alpha value is -2.04. The first-order valence-corrected chi connectivity index (χ1v) is 7.56. The lowest BCUT2D eigenvalue weighted by Crippen LogP contribution is -2.00. The minimum absolute atomic E-state index is 0.0745. The molecule has 0 saturated heterocycles. The van der Waals surface area contributed by atoms with Crippen molar-refractivity contribution in [2.24, 2.45) is 0 Å². The van der Waals surface area contributed by atoms with Gasteiger partial charge >= 0.3 is 5.97 Å². The zero-order chi connectivity index (χ0) is 14.5. The number of benzene rings is 1. The maximum Gasteiger partial charge on any atom is 0.313 e. The van der Waals surface area contributed by atoms with Gasteiger partial charge in [-0.2, -0.15) is 5.26 Å². The van der Waals surface area contributed by atoms with Crippen molar-refractivity contribution in [2.45, 2.75) is 0 Å². The lowest BCUT2D eigenvalue weighted by molar-refractivity contribution is -0.133. The number of allylic oxidation sites excluding steroid dienone is 1. The van der Waals surface area contributed by atoms with Crippen molar-refractivity contribution in [3.63, 3.8) is 0 Å². The van der Waals surface area contributed by atoms with E-state index in [1.807, 2.05) is 30.3 Å². The lowest BCUT2D eigenvalue weighted by Gasteiger charge is -2.00. The summed E-state index contributed by atoms with van der Waals surface area (Å²) in [6.07, 6.45) is 0. The van der Waals surface area contributed by atoms with Crippen LogP contribution in [0.3, 0.4) is 0 Å². The standard InChI is InChI=1S/C13H10N2O3S2/c14-5-8(10(16)6-19-7-12(17)18)13-15-9-3-1-2-4-11(9)20-13/h1-4,16H,6-7H2,(H,17,18)/b10-8-. The molecule has 0 atom stereocenters. The predicted octanol–water partition coefficient (Wildman–Crippen LogP) is 2.91. The molecule has 0 fully saturated rings. The number of nitrogens with zero attached hydrogens (tertiary/aromatic N) is 2. The number of hydrogen-bond acceptors (Lipinski definition) is 6. The Morgan fingerprint density at radius 2 is 2.10 bits per heavy atom. The average molecular weight is 306 g/mol. The molecule has 5 nitrogen and oxygen atoms in total. The third kappa shape index (κ3) is 3.29. The van der Waals surface area contributed by atoms with Gasteiger partial charge in [0.2, 0.25) is 0 Å². The number of thiazole rings is 1. The van der Waals surface area contributed by atoms with Gasteiger partial charge < -0.3 is 10.2 Å². The zero-order valence-corrected chi connectivity index (χ0v) is 11.9. The lowest BCUT2D eigenvalue weighted by atomic mass is 10.2. The molecule has 0 amide bonds. The third-order valence-electron chi connectivity index (χ3n) is 2.37. The SMILES string of the molecule is N#C/C(=C(/O)CSCC(=O)O)c1nc2ccccc2s1. The largest absolute Gasteiger partial charge is 0.510 e. The van der Waals surface area contributed by atoms with Crippen LogP contribution in [0.5, 0.6) is 0 Å². The first-order valence-electron chi connectivity index (χ1n) is 5.59. The summed E-state index contributed by atoms with van der Waals surface area (Å²) in [7, 11) is 0. The van der Waals surface area contributed by atoms with Crippen LogP contribution in [-0.2, 0) is 4.79 Å². The van der Waals surface area contributed by atoms with Crippen molar-refractivity contribution in [3.8, 4) is 6.07 Å². The van der Waals surface area contributed by atoms with Gasteiger partial charge in [0.25, 0.3) is 0 Å². The highest BCUT2D eigenvalue weighted by atomic mass is 32.2. The van der Waals surface area contributed by atoms with E-state index in [4.69, 9.17) is 10.4 Å². The van der Waals surface area contributed by atoms with Gasteiger partial charge in [-0.1, -0.05) is 12.1 Å². The number of hydrogen-bond donors (Lipinski definition) is 2. The molecule has 0 saturated carbocycles. The normalized spacial score (nSPS) is 11.9. The number of aliphatic hydroxyl groups is 1. The Labute approximate surface area is 123 Å². The summed E-state index contributed by atoms with van der Waals surface area (Å²) in [6.45, 7) is 0. The second-order valence-electron chi connectivity index (χ2n) is 3.81. The summed E-state index contributed by atoms with van der Waals surface area (Å²) < 4.78 is 0.932. The van der Waals surface area contributed by atoms with Crippen molar-refractivity contribution >= 4 is 44.9 Å². The molecule has 1 heterocycles. The number of carboxylic acids is 1. The smallest absolute Gasteiger partial charge is 0.313 e. The first-order chi connectivity index (χ1) is 9.61. The third-order valence-corrected chi connectivity index (χ3v) is 4.35. The number of aromatic nitrogens is 1. The van der Waals surface area contributed by atoms with Crippen LogP contribution in [0.2, 0.25) is 0 Å². The molecular formula is C13H10N2O3S2. The monoisotopic (exact) mass is 306 g/mol. The zero-order valence-electron chi connectivity index (χ0n) is 10.2. The van der Waals surface area contributed by atoms with Crippen LogP contribution in [0.25, 0.3) is 15.8 Å². The fraction of sp³-hybridized carbons (Fsp3) is 0.154. The Morgan fingerprint density at radius 1 is 1.35 bits per heavy atom. The summed E-state index contributed by atoms with van der Waals surface area (Å²) in [5, 5.41) is 28.1. The number of aliphatic hydroxyl groups excluding tert-OH is 1. The van der Waals surface area contributed by atoms with Crippen LogP contribution < -0.4 is 0 Å². The minimum Gasteiger partial charge on any atom is -0.510 e. The highest BCUT2D eigenvalue weighted by Crippen LogP contribution is 2.28. The Balaban J connectivity index is 2.26. The molecule has 0 bridgehead atoms. The highest BCUT2D eigenvalue weighted by molar-refractivity contribution is 8.00. The van der Waals surface area contributed by atoms with Gasteiger partial charge in [0.05, 0.1) is 21.7 Å². The van der Waals surface area contributed by atoms with Gasteiger partial charge in [0, 0.05) is 0 Å². The van der Waals surface area contributed by atoms with E-state index in [2.05, 4.69) is 4.98 Å². The topological polar surface area (TPSA) is 94.2 Å². The van der Waals surface area contributed by atoms with Crippen molar-refractivity contribution in [3.05, 3.63) is 35.0 Å². The van der Waals surface area contributed by atoms with Crippen molar-refractivity contribution in [1.82, 2.24) is 4.98 Å². The van der Waals surface area contributed by atoms with Crippen LogP contribution in [0, 0.1) is 11.3 Å². The van der Waals surface area contributed by atoms with E-state index in [9.17, 15) is 9.90 Å². The van der Waals surface area contributed by atoms with Crippen molar-refractivity contribution < 1.29 is 15.0 Å². The van der Waals surface area contributed by atoms with Gasteiger partial charge in [-0.05, 0) is 12.1 Å². The summed E-state index contributed by atoms with van der Waals surface area (Å²) in [4.78, 5) is 14.7. The van der Waals surface area contributed by atoms with E-state index < -0.39 is 5.97 Å². The maximum atomic E-state index is 10.4. The van der Waals surface area contributed by atoms with E-state index in [0.29, 0.717) is 5.01 Å². The van der Waals surface area contributed by atoms with E-state index in [1.165, 1.54) is 11.3 Å². The van der Waals surface area contributed by atoms with Crippen LogP contribution >= 0.6 is 23.1 Å². The number of carboxylic acid groups (broad SMARTS) is 1. The Morgan fingerprint density at radius 3 is 2.75 bits per heavy atom. The quantitative estimate of drug-likeness (QED) is 0.651. The summed E-state index contributed by atoms with van der Waals surface area (Å²) in [6, 6.07) is 9.39. The van der Waals surface area contributed by atoms with E-state index in [0.717, 1.165) is 22.0 Å². The van der Waals surface area contributed by atoms with E-state index in [-0.39, 0.29) is 22.8 Å². The summed E-state index contributed by atoms with van der Waals surface area (Å²) >= 11 is 2.35. The van der Waals surface area contributed by atoms with Gasteiger partial charge in [0.1, 0.15) is 22.4 Å². The summed E-state index contributed by atoms with van der Waals surface area (Å²) in [5.74, 6) is -1.15. The molecular weight excluding hydrogens is 296 g/mol. The Kier molecular flexibility index (Phi) is 4.61. The van der Waals surface area contributed by atoms with Gasteiger partial charge in [-0.25, -0.2) is 4.98 Å². The fourth-order valence-corrected chi connectivity index (χ4v) is 3.12. The molecule has 2 aromatic rings. The molecule has 2 rings (SSSR count). The summed E-state index contributed by atoms with van der Waals surface area (Å²) in [5.41, 5.74) is 0.871. The van der Waals surface area contributed by atoms with E-state index >= 15 is 0 Å². The number of thioether (sulfide) groups is 1. The van der Waals surface area contributed by atoms with Gasteiger partial charge in [-0.15, -0.1) is 23.1 Å². The second-order valence-corrected chi connectivity index (χ2v) is 5.82. The molecule has 20 heavy (non-hydrogen) atoms. The van der Waals surface area contributed by atoms with Crippen LogP contribution in [-0.4, -0.2) is 32.7 Å². The number of carbonyl (C=O) groups is 1. The number of fused-ring (bicyclic) bond motifs is 1. The average Bonchev–Trinajstić information content (AvgIpc) is 2.82. The predicted molar refractivity (Wildman–Crippen MR) is 79.7 cm³/mol. The molecule has 0 aliphatic carbocycles. The molecule has 0 aliphatic rings. The molecule has 1 aromatic carbocycles. The maximum absolute atomic E-state index is 10.4. The Bertz CT molecular complexity index is 683. The second kappa shape index (κ2) is 6.41. The van der Waals surface area contributed by atoms with Gasteiger partial charge in [-0.3, -0.25) is 4.79 Å². The number of rotatable bonds is 5. The highest BCUT2D eigenvalue weighted by Gasteiger charge is 2.14. The molecule has 102 valence electrons. The fourth-order valence-electron chi connectivity index (χ4n) is 1.52. The molecule has 7 heteroatoms.